The molecule has 2 rings (SSSR count). The molecule has 2 unspecified atom stereocenters. The summed E-state index contributed by atoms with van der Waals surface area (Å²) in [5.74, 6) is 0.824. The molecule has 5 nitrogen and oxygen atoms in total. The summed E-state index contributed by atoms with van der Waals surface area (Å²) in [4.78, 5) is 4.17. The third-order valence-electron chi connectivity index (χ3n) is 4.26. The number of hydrogen-bond donors (Lipinski definition) is 3. The first-order chi connectivity index (χ1) is 12.6. The van der Waals surface area contributed by atoms with Crippen LogP contribution < -0.4 is 11.1 Å². The third-order valence-corrected chi connectivity index (χ3v) is 4.26. The summed E-state index contributed by atoms with van der Waals surface area (Å²) in [6.07, 6.45) is 0.424. The number of aliphatic hydroxyl groups excluding tert-OH is 1. The van der Waals surface area contributed by atoms with Gasteiger partial charge in [-0.3, -0.25) is 4.99 Å². The minimum atomic E-state index is -0.688. The van der Waals surface area contributed by atoms with Gasteiger partial charge in [-0.1, -0.05) is 56.3 Å². The highest BCUT2D eigenvalue weighted by molar-refractivity contribution is 5.92. The van der Waals surface area contributed by atoms with Gasteiger partial charge in [0.1, 0.15) is 0 Å². The van der Waals surface area contributed by atoms with Gasteiger partial charge in [0.05, 0.1) is 25.9 Å². The molecule has 5 heteroatoms. The Hall–Kier alpha value is -2.37. The molecule has 4 N–H and O–H groups in total. The van der Waals surface area contributed by atoms with Crippen molar-refractivity contribution < 1.29 is 9.84 Å². The fourth-order valence-electron chi connectivity index (χ4n) is 2.46. The van der Waals surface area contributed by atoms with Crippen molar-refractivity contribution in [3.05, 3.63) is 65.7 Å². The van der Waals surface area contributed by atoms with E-state index in [4.69, 9.17) is 10.5 Å². The second-order valence-corrected chi connectivity index (χ2v) is 6.44. The van der Waals surface area contributed by atoms with Crippen LogP contribution in [0.1, 0.15) is 37.3 Å². The molecule has 0 bridgehead atoms. The van der Waals surface area contributed by atoms with Crippen molar-refractivity contribution in [2.75, 3.05) is 18.5 Å². The summed E-state index contributed by atoms with van der Waals surface area (Å²) in [5.41, 5.74) is 9.15. The van der Waals surface area contributed by atoms with E-state index in [1.807, 2.05) is 42.5 Å². The molecule has 0 heterocycles. The molecule has 0 saturated heterocycles. The number of rotatable bonds is 9. The zero-order valence-corrected chi connectivity index (χ0v) is 15.6. The molecule has 140 valence electrons. The number of nitrogens with one attached hydrogen (secondary N) is 1. The summed E-state index contributed by atoms with van der Waals surface area (Å²) in [7, 11) is 0. The zero-order valence-electron chi connectivity index (χ0n) is 15.6. The number of nitrogens with two attached hydrogens (primary N) is 1. The fourth-order valence-corrected chi connectivity index (χ4v) is 2.46. The molecule has 0 aromatic heterocycles. The van der Waals surface area contributed by atoms with Gasteiger partial charge in [-0.25, -0.2) is 0 Å². The molecule has 0 radical (unpaired) electrons. The third kappa shape index (κ3) is 6.86. The second kappa shape index (κ2) is 10.6. The van der Waals surface area contributed by atoms with Crippen LogP contribution in [-0.2, 0) is 11.3 Å². The number of aliphatic hydroxyl groups is 1. The smallest absolute Gasteiger partial charge is 0.193 e. The van der Waals surface area contributed by atoms with Crippen LogP contribution in [0.2, 0.25) is 0 Å². The Morgan fingerprint density at radius 2 is 1.85 bits per heavy atom. The Labute approximate surface area is 155 Å². The SMILES string of the molecule is CCC(C)c1ccc(NC(N)=NCC(O)COCc2ccccc2)cc1. The van der Waals surface area contributed by atoms with Crippen molar-refractivity contribution in [3.8, 4) is 0 Å². The summed E-state index contributed by atoms with van der Waals surface area (Å²) < 4.78 is 5.50. The molecule has 26 heavy (non-hydrogen) atoms. The Morgan fingerprint density at radius 1 is 1.15 bits per heavy atom. The Bertz CT molecular complexity index is 671. The largest absolute Gasteiger partial charge is 0.389 e. The number of benzene rings is 2. The van der Waals surface area contributed by atoms with Gasteiger partial charge in [0.2, 0.25) is 0 Å². The molecule has 0 amide bonds. The van der Waals surface area contributed by atoms with E-state index in [1.165, 1.54) is 5.56 Å². The first kappa shape index (κ1) is 19.9. The quantitative estimate of drug-likeness (QED) is 0.475. The van der Waals surface area contributed by atoms with Crippen molar-refractivity contribution in [3.63, 3.8) is 0 Å². The average Bonchev–Trinajstić information content (AvgIpc) is 2.67. The highest BCUT2D eigenvalue weighted by atomic mass is 16.5. The van der Waals surface area contributed by atoms with Gasteiger partial charge in [0, 0.05) is 5.69 Å². The van der Waals surface area contributed by atoms with Crippen LogP contribution >= 0.6 is 0 Å². The average molecular weight is 355 g/mol. The number of anilines is 1. The lowest BCUT2D eigenvalue weighted by Gasteiger charge is -2.12. The Kier molecular flexibility index (Phi) is 8.12. The molecule has 2 atom stereocenters. The van der Waals surface area contributed by atoms with Crippen LogP contribution in [0, 0.1) is 0 Å². The summed E-state index contributed by atoms with van der Waals surface area (Å²) >= 11 is 0. The molecule has 0 aliphatic rings. The number of hydrogen-bond acceptors (Lipinski definition) is 3. The van der Waals surface area contributed by atoms with Gasteiger partial charge in [0.25, 0.3) is 0 Å². The van der Waals surface area contributed by atoms with E-state index in [-0.39, 0.29) is 19.1 Å². The molecular formula is C21H29N3O2. The van der Waals surface area contributed by atoms with Gasteiger partial charge in [-0.15, -0.1) is 0 Å². The maximum atomic E-state index is 9.95. The van der Waals surface area contributed by atoms with Gasteiger partial charge >= 0.3 is 0 Å². The molecule has 0 fully saturated rings. The van der Waals surface area contributed by atoms with E-state index in [9.17, 15) is 5.11 Å². The van der Waals surface area contributed by atoms with Crippen molar-refractivity contribution in [1.29, 1.82) is 0 Å². The van der Waals surface area contributed by atoms with E-state index in [2.05, 4.69) is 36.3 Å². The minimum Gasteiger partial charge on any atom is -0.389 e. The van der Waals surface area contributed by atoms with E-state index in [0.29, 0.717) is 12.5 Å². The van der Waals surface area contributed by atoms with Crippen molar-refractivity contribution in [2.24, 2.45) is 10.7 Å². The number of ether oxygens (including phenoxy) is 1. The van der Waals surface area contributed by atoms with Crippen molar-refractivity contribution in [2.45, 2.75) is 38.9 Å². The molecule has 0 aliphatic heterocycles. The monoisotopic (exact) mass is 355 g/mol. The topological polar surface area (TPSA) is 79.9 Å². The number of guanidine groups is 1. The van der Waals surface area contributed by atoms with Crippen LogP contribution in [0.5, 0.6) is 0 Å². The zero-order chi connectivity index (χ0) is 18.8. The molecular weight excluding hydrogens is 326 g/mol. The van der Waals surface area contributed by atoms with Crippen molar-refractivity contribution in [1.82, 2.24) is 0 Å². The lowest BCUT2D eigenvalue weighted by atomic mass is 9.99. The fraction of sp³-hybridized carbons (Fsp3) is 0.381. The Morgan fingerprint density at radius 3 is 2.50 bits per heavy atom. The van der Waals surface area contributed by atoms with E-state index in [1.54, 1.807) is 0 Å². The van der Waals surface area contributed by atoms with Gasteiger partial charge in [0.15, 0.2) is 5.96 Å². The number of aliphatic imine (C=N–C) groups is 1. The second-order valence-electron chi connectivity index (χ2n) is 6.44. The maximum Gasteiger partial charge on any atom is 0.193 e. The summed E-state index contributed by atoms with van der Waals surface area (Å²) in [5, 5.41) is 13.0. The molecule has 0 spiro atoms. The predicted molar refractivity (Wildman–Crippen MR) is 107 cm³/mol. The van der Waals surface area contributed by atoms with Crippen molar-refractivity contribution >= 4 is 11.6 Å². The molecule has 2 aromatic rings. The van der Waals surface area contributed by atoms with Gasteiger partial charge in [-0.05, 0) is 35.6 Å². The summed E-state index contributed by atoms with van der Waals surface area (Å²) in [6, 6.07) is 18.0. The standard InChI is InChI=1S/C21H29N3O2/c1-3-16(2)18-9-11-19(12-10-18)24-21(22)23-13-20(25)15-26-14-17-7-5-4-6-8-17/h4-12,16,20,25H,3,13-15H2,1-2H3,(H3,22,23,24). The highest BCUT2D eigenvalue weighted by Crippen LogP contribution is 2.20. The lowest BCUT2D eigenvalue weighted by Crippen LogP contribution is -2.26. The van der Waals surface area contributed by atoms with Crippen LogP contribution in [0.4, 0.5) is 5.69 Å². The van der Waals surface area contributed by atoms with Gasteiger partial charge < -0.3 is 20.9 Å². The van der Waals surface area contributed by atoms with E-state index in [0.717, 1.165) is 17.7 Å². The van der Waals surface area contributed by atoms with Crippen LogP contribution in [0.15, 0.2) is 59.6 Å². The van der Waals surface area contributed by atoms with Gasteiger partial charge in [-0.2, -0.15) is 0 Å². The Balaban J connectivity index is 1.73. The van der Waals surface area contributed by atoms with E-state index >= 15 is 0 Å². The number of nitrogens with zero attached hydrogens (tertiary/aromatic N) is 1. The summed E-state index contributed by atoms with van der Waals surface area (Å²) in [6.45, 7) is 5.27. The molecule has 2 aromatic carbocycles. The minimum absolute atomic E-state index is 0.193. The van der Waals surface area contributed by atoms with Crippen LogP contribution in [0.3, 0.4) is 0 Å². The first-order valence-corrected chi connectivity index (χ1v) is 9.05. The highest BCUT2D eigenvalue weighted by Gasteiger charge is 2.05. The predicted octanol–water partition coefficient (Wildman–Crippen LogP) is 3.50. The lowest BCUT2D eigenvalue weighted by molar-refractivity contribution is 0.0331. The van der Waals surface area contributed by atoms with Crippen LogP contribution in [-0.4, -0.2) is 30.3 Å². The van der Waals surface area contributed by atoms with E-state index < -0.39 is 6.10 Å². The van der Waals surface area contributed by atoms with Crippen LogP contribution in [0.25, 0.3) is 0 Å². The molecule has 0 aliphatic carbocycles. The molecule has 0 saturated carbocycles. The normalized spacial score (nSPS) is 14.0. The first-order valence-electron chi connectivity index (χ1n) is 9.05. The maximum absolute atomic E-state index is 9.95.